The van der Waals surface area contributed by atoms with E-state index in [4.69, 9.17) is 9.15 Å². The number of guanidine groups is 1. The highest BCUT2D eigenvalue weighted by Gasteiger charge is 2.44. The molecule has 1 aliphatic heterocycles. The third-order valence-corrected chi connectivity index (χ3v) is 6.15. The van der Waals surface area contributed by atoms with Crippen LogP contribution in [0.15, 0.2) is 45.8 Å². The second-order valence-electron chi connectivity index (χ2n) is 8.21. The van der Waals surface area contributed by atoms with Crippen LogP contribution in [0.1, 0.15) is 36.0 Å². The van der Waals surface area contributed by atoms with Crippen molar-refractivity contribution in [3.05, 3.63) is 59.3 Å². The average molecular weight is 542 g/mol. The van der Waals surface area contributed by atoms with Crippen LogP contribution in [0.25, 0.3) is 0 Å². The van der Waals surface area contributed by atoms with Gasteiger partial charge in [-0.25, -0.2) is 4.39 Å². The molecule has 1 saturated carbocycles. The van der Waals surface area contributed by atoms with E-state index < -0.39 is 0 Å². The van der Waals surface area contributed by atoms with Crippen molar-refractivity contribution in [3.63, 3.8) is 0 Å². The van der Waals surface area contributed by atoms with Crippen molar-refractivity contribution in [2.24, 2.45) is 4.99 Å². The minimum Gasteiger partial charge on any atom is -0.465 e. The van der Waals surface area contributed by atoms with E-state index in [0.717, 1.165) is 68.7 Å². The first-order chi connectivity index (χ1) is 14.6. The lowest BCUT2D eigenvalue weighted by Crippen LogP contribution is -2.47. The van der Waals surface area contributed by atoms with Gasteiger partial charge in [0.15, 0.2) is 5.96 Å². The fourth-order valence-corrected chi connectivity index (χ4v) is 4.13. The first kappa shape index (κ1) is 24.0. The van der Waals surface area contributed by atoms with Gasteiger partial charge in [-0.1, -0.05) is 12.1 Å². The molecule has 6 nitrogen and oxygen atoms in total. The van der Waals surface area contributed by atoms with E-state index in [1.807, 2.05) is 19.1 Å². The predicted molar refractivity (Wildman–Crippen MR) is 131 cm³/mol. The van der Waals surface area contributed by atoms with Gasteiger partial charge in [0.1, 0.15) is 17.3 Å². The summed E-state index contributed by atoms with van der Waals surface area (Å²) < 4.78 is 25.1. The molecule has 4 rings (SSSR count). The van der Waals surface area contributed by atoms with Gasteiger partial charge >= 0.3 is 0 Å². The van der Waals surface area contributed by atoms with E-state index in [0.29, 0.717) is 6.54 Å². The molecule has 170 valence electrons. The number of morpholine rings is 1. The van der Waals surface area contributed by atoms with Gasteiger partial charge in [0.25, 0.3) is 0 Å². The Bertz CT molecular complexity index is 878. The Kier molecular flexibility index (Phi) is 8.35. The number of aliphatic imine (C=N–C) groups is 1. The first-order valence-electron chi connectivity index (χ1n) is 10.7. The summed E-state index contributed by atoms with van der Waals surface area (Å²) in [6.45, 7) is 6.60. The number of hydrogen-bond donors (Lipinski definition) is 2. The molecule has 0 spiro atoms. The van der Waals surface area contributed by atoms with E-state index in [9.17, 15) is 4.39 Å². The van der Waals surface area contributed by atoms with Crippen LogP contribution < -0.4 is 10.6 Å². The van der Waals surface area contributed by atoms with Crippen molar-refractivity contribution < 1.29 is 13.5 Å². The topological polar surface area (TPSA) is 62.0 Å². The summed E-state index contributed by atoms with van der Waals surface area (Å²) in [5, 5.41) is 6.91. The van der Waals surface area contributed by atoms with Crippen molar-refractivity contribution in [3.8, 4) is 0 Å². The molecule has 1 aromatic carbocycles. The third kappa shape index (κ3) is 5.98. The van der Waals surface area contributed by atoms with Crippen LogP contribution in [-0.4, -0.2) is 57.3 Å². The molecule has 1 saturated heterocycles. The van der Waals surface area contributed by atoms with Gasteiger partial charge in [-0.05, 0) is 49.6 Å². The van der Waals surface area contributed by atoms with E-state index in [1.165, 1.54) is 6.07 Å². The van der Waals surface area contributed by atoms with Crippen LogP contribution in [0.3, 0.4) is 0 Å². The molecule has 0 radical (unpaired) electrons. The molecule has 0 amide bonds. The molecule has 31 heavy (non-hydrogen) atoms. The lowest BCUT2D eigenvalue weighted by atomic mass is 9.96. The van der Waals surface area contributed by atoms with Gasteiger partial charge in [-0.3, -0.25) is 9.89 Å². The van der Waals surface area contributed by atoms with Crippen LogP contribution >= 0.6 is 24.0 Å². The predicted octanol–water partition coefficient (Wildman–Crippen LogP) is 3.62. The van der Waals surface area contributed by atoms with Gasteiger partial charge in [-0.15, -0.1) is 24.0 Å². The molecule has 2 aliphatic rings. The SMILES string of the molecule is CN=C(NCC(c1ccc(C)o1)N1CCOCC1)NCC1(c2cccc(F)c2)CC1.I. The molecule has 1 aliphatic carbocycles. The Morgan fingerprint density at radius 1 is 1.19 bits per heavy atom. The zero-order valence-corrected chi connectivity index (χ0v) is 20.5. The highest BCUT2D eigenvalue weighted by Crippen LogP contribution is 2.47. The summed E-state index contributed by atoms with van der Waals surface area (Å²) in [6, 6.07) is 11.1. The number of ether oxygens (including phenoxy) is 1. The second-order valence-corrected chi connectivity index (χ2v) is 8.21. The number of benzene rings is 1. The summed E-state index contributed by atoms with van der Waals surface area (Å²) in [5.74, 6) is 2.44. The molecule has 2 fully saturated rings. The summed E-state index contributed by atoms with van der Waals surface area (Å²) in [4.78, 5) is 6.78. The number of rotatable bonds is 7. The lowest BCUT2D eigenvalue weighted by molar-refractivity contribution is 0.0124. The Hall–Kier alpha value is -1.65. The van der Waals surface area contributed by atoms with Crippen molar-refractivity contribution >= 4 is 29.9 Å². The number of hydrogen-bond acceptors (Lipinski definition) is 4. The zero-order chi connectivity index (χ0) is 21.0. The molecule has 2 N–H and O–H groups in total. The maximum atomic E-state index is 13.7. The Morgan fingerprint density at radius 3 is 2.58 bits per heavy atom. The van der Waals surface area contributed by atoms with Gasteiger partial charge in [0.2, 0.25) is 0 Å². The highest BCUT2D eigenvalue weighted by atomic mass is 127. The number of nitrogens with zero attached hydrogens (tertiary/aromatic N) is 2. The highest BCUT2D eigenvalue weighted by molar-refractivity contribution is 14.0. The van der Waals surface area contributed by atoms with Crippen molar-refractivity contribution in [2.45, 2.75) is 31.2 Å². The van der Waals surface area contributed by atoms with Crippen molar-refractivity contribution in [1.29, 1.82) is 0 Å². The summed E-state index contributed by atoms with van der Waals surface area (Å²) in [7, 11) is 1.78. The first-order valence-corrected chi connectivity index (χ1v) is 10.7. The second kappa shape index (κ2) is 10.8. The molecular formula is C23H32FIN4O2. The van der Waals surface area contributed by atoms with Gasteiger partial charge in [0, 0.05) is 38.6 Å². The van der Waals surface area contributed by atoms with Crippen LogP contribution in [0, 0.1) is 12.7 Å². The molecule has 2 heterocycles. The van der Waals surface area contributed by atoms with Crippen LogP contribution in [-0.2, 0) is 10.2 Å². The Balaban J connectivity index is 0.00000272. The molecular weight excluding hydrogens is 510 g/mol. The molecule has 1 unspecified atom stereocenters. The fourth-order valence-electron chi connectivity index (χ4n) is 4.13. The maximum Gasteiger partial charge on any atom is 0.191 e. The number of nitrogens with one attached hydrogen (secondary N) is 2. The fraction of sp³-hybridized carbons (Fsp3) is 0.522. The smallest absolute Gasteiger partial charge is 0.191 e. The lowest BCUT2D eigenvalue weighted by Gasteiger charge is -2.33. The maximum absolute atomic E-state index is 13.7. The van der Waals surface area contributed by atoms with Gasteiger partial charge < -0.3 is 19.8 Å². The quantitative estimate of drug-likeness (QED) is 0.318. The van der Waals surface area contributed by atoms with E-state index in [-0.39, 0.29) is 41.3 Å². The summed E-state index contributed by atoms with van der Waals surface area (Å²) in [6.07, 6.45) is 2.12. The molecule has 1 aromatic heterocycles. The van der Waals surface area contributed by atoms with Gasteiger partial charge in [0.05, 0.1) is 19.3 Å². The summed E-state index contributed by atoms with van der Waals surface area (Å²) >= 11 is 0. The van der Waals surface area contributed by atoms with Crippen LogP contribution in [0.5, 0.6) is 0 Å². The normalized spacial score (nSPS) is 19.4. The molecule has 2 aromatic rings. The van der Waals surface area contributed by atoms with E-state index in [2.05, 4.69) is 26.6 Å². The Morgan fingerprint density at radius 2 is 1.97 bits per heavy atom. The largest absolute Gasteiger partial charge is 0.465 e. The van der Waals surface area contributed by atoms with Crippen molar-refractivity contribution in [2.75, 3.05) is 46.4 Å². The van der Waals surface area contributed by atoms with E-state index in [1.54, 1.807) is 19.2 Å². The van der Waals surface area contributed by atoms with E-state index >= 15 is 0 Å². The standard InChI is InChI=1S/C23H31FN4O2.HI/c1-17-6-7-21(30-17)20(28-10-12-29-13-11-28)15-26-22(25-2)27-16-23(8-9-23)18-4-3-5-19(24)14-18;/h3-7,14,20H,8-13,15-16H2,1-2H3,(H2,25,26,27);1H. The third-order valence-electron chi connectivity index (χ3n) is 6.15. The van der Waals surface area contributed by atoms with Crippen LogP contribution in [0.2, 0.25) is 0 Å². The van der Waals surface area contributed by atoms with Crippen LogP contribution in [0.4, 0.5) is 4.39 Å². The Labute approximate surface area is 200 Å². The minimum absolute atomic E-state index is 0. The zero-order valence-electron chi connectivity index (χ0n) is 18.2. The monoisotopic (exact) mass is 542 g/mol. The van der Waals surface area contributed by atoms with Crippen molar-refractivity contribution in [1.82, 2.24) is 15.5 Å². The molecule has 8 heteroatoms. The number of aryl methyl sites for hydroxylation is 1. The molecule has 1 atom stereocenters. The minimum atomic E-state index is -0.177. The number of furan rings is 1. The average Bonchev–Trinajstić information content (AvgIpc) is 3.45. The number of halogens is 2. The van der Waals surface area contributed by atoms with Gasteiger partial charge in [-0.2, -0.15) is 0 Å². The summed E-state index contributed by atoms with van der Waals surface area (Å²) in [5.41, 5.74) is 1.06. The molecule has 0 bridgehead atoms.